The van der Waals surface area contributed by atoms with Crippen LogP contribution in [0.3, 0.4) is 0 Å². The quantitative estimate of drug-likeness (QED) is 0.625. The molecule has 7 heteroatoms. The van der Waals surface area contributed by atoms with Crippen LogP contribution in [0.2, 0.25) is 0 Å². The van der Waals surface area contributed by atoms with Crippen LogP contribution < -0.4 is 10.1 Å². The normalized spacial score (nSPS) is 20.1. The molecule has 0 radical (unpaired) electrons. The first-order chi connectivity index (χ1) is 12.0. The molecule has 1 aliphatic carbocycles. The van der Waals surface area contributed by atoms with Gasteiger partial charge in [0.25, 0.3) is 5.69 Å². The number of nitro benzene ring substituents is 1. The Morgan fingerprint density at radius 1 is 1.08 bits per heavy atom. The second kappa shape index (κ2) is 7.48. The minimum absolute atomic E-state index is 0.0300. The molecule has 2 aromatic carbocycles. The van der Waals surface area contributed by atoms with E-state index in [1.807, 2.05) is 0 Å². The van der Waals surface area contributed by atoms with Crippen molar-refractivity contribution < 1.29 is 19.2 Å². The summed E-state index contributed by atoms with van der Waals surface area (Å²) in [6.07, 6.45) is 2.57. The van der Waals surface area contributed by atoms with Crippen LogP contribution in [0.5, 0.6) is 11.5 Å². The van der Waals surface area contributed by atoms with Crippen molar-refractivity contribution in [1.82, 2.24) is 0 Å². The molecule has 0 aliphatic heterocycles. The second-order valence-corrected chi connectivity index (χ2v) is 6.14. The highest BCUT2D eigenvalue weighted by atomic mass is 19.1. The Morgan fingerprint density at radius 2 is 1.72 bits per heavy atom. The summed E-state index contributed by atoms with van der Waals surface area (Å²) in [4.78, 5) is 10.8. The zero-order chi connectivity index (χ0) is 17.8. The fourth-order valence-electron chi connectivity index (χ4n) is 2.93. The van der Waals surface area contributed by atoms with E-state index < -0.39 is 4.92 Å². The van der Waals surface area contributed by atoms with Gasteiger partial charge in [0.15, 0.2) is 0 Å². The van der Waals surface area contributed by atoms with E-state index in [9.17, 15) is 19.6 Å². The third kappa shape index (κ3) is 4.45. The average Bonchev–Trinajstić information content (AvgIpc) is 2.59. The molecule has 0 bridgehead atoms. The lowest BCUT2D eigenvalue weighted by Crippen LogP contribution is -2.28. The van der Waals surface area contributed by atoms with E-state index >= 15 is 0 Å². The van der Waals surface area contributed by atoms with E-state index in [4.69, 9.17) is 4.74 Å². The molecule has 0 unspecified atom stereocenters. The van der Waals surface area contributed by atoms with Gasteiger partial charge < -0.3 is 15.2 Å². The van der Waals surface area contributed by atoms with Gasteiger partial charge in [-0.2, -0.15) is 0 Å². The predicted octanol–water partition coefficient (Wildman–Crippen LogP) is 4.24. The SMILES string of the molecule is O=[N+]([O-])c1ccc(Oc2ccc(F)cc2)cc1NC1CCC(O)CC1. The summed E-state index contributed by atoms with van der Waals surface area (Å²) in [5.74, 6) is 0.510. The molecule has 2 aromatic rings. The Kier molecular flexibility index (Phi) is 5.14. The number of anilines is 1. The van der Waals surface area contributed by atoms with Crippen LogP contribution in [0.1, 0.15) is 25.7 Å². The van der Waals surface area contributed by atoms with Gasteiger partial charge in [-0.1, -0.05) is 0 Å². The molecular formula is C18H19FN2O4. The Labute approximate surface area is 144 Å². The molecule has 0 amide bonds. The van der Waals surface area contributed by atoms with Crippen LogP contribution in [-0.2, 0) is 0 Å². The number of benzene rings is 2. The highest BCUT2D eigenvalue weighted by Crippen LogP contribution is 2.33. The molecule has 2 N–H and O–H groups in total. The Morgan fingerprint density at radius 3 is 2.36 bits per heavy atom. The van der Waals surface area contributed by atoms with Gasteiger partial charge in [0.2, 0.25) is 0 Å². The summed E-state index contributed by atoms with van der Waals surface area (Å²) in [5.41, 5.74) is 0.351. The van der Waals surface area contributed by atoms with Gasteiger partial charge in [0.05, 0.1) is 11.0 Å². The third-order valence-electron chi connectivity index (χ3n) is 4.27. The van der Waals surface area contributed by atoms with E-state index in [-0.39, 0.29) is 23.7 Å². The lowest BCUT2D eigenvalue weighted by molar-refractivity contribution is -0.384. The van der Waals surface area contributed by atoms with Crippen LogP contribution in [0, 0.1) is 15.9 Å². The van der Waals surface area contributed by atoms with Gasteiger partial charge in [-0.05, 0) is 56.0 Å². The fraction of sp³-hybridized carbons (Fsp3) is 0.333. The number of nitro groups is 1. The molecule has 0 atom stereocenters. The van der Waals surface area contributed by atoms with Crippen LogP contribution in [0.25, 0.3) is 0 Å². The minimum atomic E-state index is -0.443. The molecular weight excluding hydrogens is 327 g/mol. The van der Waals surface area contributed by atoms with E-state index in [1.54, 1.807) is 6.07 Å². The smallest absolute Gasteiger partial charge is 0.292 e. The molecule has 3 rings (SSSR count). The standard InChI is InChI=1S/C18H19FN2O4/c19-12-1-7-15(8-2-12)25-16-9-10-18(21(23)24)17(11-16)20-13-3-5-14(22)6-4-13/h1-2,7-11,13-14,20,22H,3-6H2. The summed E-state index contributed by atoms with van der Waals surface area (Å²) in [6, 6.07) is 10.1. The molecule has 25 heavy (non-hydrogen) atoms. The summed E-state index contributed by atoms with van der Waals surface area (Å²) < 4.78 is 18.6. The topological polar surface area (TPSA) is 84.6 Å². The molecule has 1 aliphatic rings. The number of hydrogen-bond donors (Lipinski definition) is 2. The van der Waals surface area contributed by atoms with Crippen LogP contribution in [-0.4, -0.2) is 22.2 Å². The van der Waals surface area contributed by atoms with Crippen molar-refractivity contribution >= 4 is 11.4 Å². The van der Waals surface area contributed by atoms with Crippen molar-refractivity contribution in [1.29, 1.82) is 0 Å². The first-order valence-electron chi connectivity index (χ1n) is 8.18. The summed E-state index contributed by atoms with van der Waals surface area (Å²) >= 11 is 0. The first-order valence-corrected chi connectivity index (χ1v) is 8.18. The molecule has 0 saturated heterocycles. The number of aliphatic hydroxyl groups excluding tert-OH is 1. The molecule has 0 heterocycles. The number of nitrogens with zero attached hydrogens (tertiary/aromatic N) is 1. The van der Waals surface area contributed by atoms with Gasteiger partial charge in [-0.3, -0.25) is 10.1 Å². The monoisotopic (exact) mass is 346 g/mol. The van der Waals surface area contributed by atoms with Gasteiger partial charge >= 0.3 is 0 Å². The van der Waals surface area contributed by atoms with E-state index in [1.165, 1.54) is 36.4 Å². The zero-order valence-electron chi connectivity index (χ0n) is 13.5. The van der Waals surface area contributed by atoms with Gasteiger partial charge in [0, 0.05) is 18.2 Å². The second-order valence-electron chi connectivity index (χ2n) is 6.14. The van der Waals surface area contributed by atoms with E-state index in [2.05, 4.69) is 5.32 Å². The maximum atomic E-state index is 13.0. The number of ether oxygens (including phenoxy) is 1. The molecule has 0 aromatic heterocycles. The maximum Gasteiger partial charge on any atom is 0.292 e. The molecule has 132 valence electrons. The van der Waals surface area contributed by atoms with Crippen LogP contribution in [0.4, 0.5) is 15.8 Å². The Bertz CT molecular complexity index is 743. The lowest BCUT2D eigenvalue weighted by Gasteiger charge is -2.27. The predicted molar refractivity (Wildman–Crippen MR) is 91.5 cm³/mol. The number of hydrogen-bond acceptors (Lipinski definition) is 5. The van der Waals surface area contributed by atoms with E-state index in [0.717, 1.165) is 12.8 Å². The molecule has 6 nitrogen and oxygen atoms in total. The van der Waals surface area contributed by atoms with Crippen molar-refractivity contribution in [2.45, 2.75) is 37.8 Å². The number of rotatable bonds is 5. The van der Waals surface area contributed by atoms with Gasteiger partial charge in [-0.15, -0.1) is 0 Å². The van der Waals surface area contributed by atoms with Crippen LogP contribution in [0.15, 0.2) is 42.5 Å². The summed E-state index contributed by atoms with van der Waals surface area (Å²) in [5, 5.41) is 24.0. The highest BCUT2D eigenvalue weighted by Gasteiger charge is 2.23. The third-order valence-corrected chi connectivity index (χ3v) is 4.27. The van der Waals surface area contributed by atoms with Gasteiger partial charge in [0.1, 0.15) is 23.0 Å². The average molecular weight is 346 g/mol. The largest absolute Gasteiger partial charge is 0.457 e. The number of halogens is 1. The number of nitrogens with one attached hydrogen (secondary N) is 1. The summed E-state index contributed by atoms with van der Waals surface area (Å²) in [6.45, 7) is 0. The summed E-state index contributed by atoms with van der Waals surface area (Å²) in [7, 11) is 0. The molecule has 1 fully saturated rings. The first kappa shape index (κ1) is 17.2. The maximum absolute atomic E-state index is 13.0. The van der Waals surface area contributed by atoms with Crippen molar-refractivity contribution in [2.75, 3.05) is 5.32 Å². The Balaban J connectivity index is 1.79. The van der Waals surface area contributed by atoms with Crippen molar-refractivity contribution in [3.63, 3.8) is 0 Å². The van der Waals surface area contributed by atoms with Crippen molar-refractivity contribution in [3.05, 3.63) is 58.4 Å². The van der Waals surface area contributed by atoms with Crippen molar-refractivity contribution in [3.8, 4) is 11.5 Å². The Hall–Kier alpha value is -2.67. The fourth-order valence-corrected chi connectivity index (χ4v) is 2.93. The van der Waals surface area contributed by atoms with Gasteiger partial charge in [-0.25, -0.2) is 4.39 Å². The van der Waals surface area contributed by atoms with Crippen molar-refractivity contribution in [2.24, 2.45) is 0 Å². The molecule has 1 saturated carbocycles. The highest BCUT2D eigenvalue weighted by molar-refractivity contribution is 5.65. The van der Waals surface area contributed by atoms with Crippen LogP contribution >= 0.6 is 0 Å². The number of aliphatic hydroxyl groups is 1. The molecule has 0 spiro atoms. The zero-order valence-corrected chi connectivity index (χ0v) is 13.5. The minimum Gasteiger partial charge on any atom is -0.457 e. The van der Waals surface area contributed by atoms with E-state index in [0.29, 0.717) is 30.0 Å². The lowest BCUT2D eigenvalue weighted by atomic mass is 9.93.